The first-order valence-electron chi connectivity index (χ1n) is 11.7. The standard InChI is InChI=1S/C28H27N7O/c1-18-12-13-29-25(14-18)34-27-16-26(30-19(2)31-27)32-21-8-10-22(11-9-21)33-28(36)15-20-17-35(3)24-7-5-4-6-23(20)24/h4-14,16-17H,15H2,1-3H3,(H,33,36)(H2,29,30,31,32,34). The summed E-state index contributed by atoms with van der Waals surface area (Å²) in [5.74, 6) is 2.61. The van der Waals surface area contributed by atoms with Crippen molar-refractivity contribution in [3.63, 3.8) is 0 Å². The van der Waals surface area contributed by atoms with E-state index in [0.29, 0.717) is 23.9 Å². The Balaban J connectivity index is 1.23. The smallest absolute Gasteiger partial charge is 0.228 e. The predicted octanol–water partition coefficient (Wildman–Crippen LogP) is 5.65. The van der Waals surface area contributed by atoms with Crippen molar-refractivity contribution in [3.05, 3.63) is 96.1 Å². The zero-order valence-electron chi connectivity index (χ0n) is 20.4. The molecule has 0 unspecified atom stereocenters. The molecule has 0 aliphatic rings. The lowest BCUT2D eigenvalue weighted by atomic mass is 10.1. The van der Waals surface area contributed by atoms with Gasteiger partial charge in [-0.1, -0.05) is 18.2 Å². The highest BCUT2D eigenvalue weighted by molar-refractivity contribution is 5.96. The highest BCUT2D eigenvalue weighted by Gasteiger charge is 2.11. The van der Waals surface area contributed by atoms with Gasteiger partial charge in [0.05, 0.1) is 6.42 Å². The van der Waals surface area contributed by atoms with E-state index < -0.39 is 0 Å². The Morgan fingerprint density at radius 3 is 2.36 bits per heavy atom. The normalized spacial score (nSPS) is 10.9. The van der Waals surface area contributed by atoms with Gasteiger partial charge in [-0.05, 0) is 67.4 Å². The molecule has 0 aliphatic heterocycles. The van der Waals surface area contributed by atoms with Crippen LogP contribution >= 0.6 is 0 Å². The van der Waals surface area contributed by atoms with Crippen molar-refractivity contribution in [1.82, 2.24) is 19.5 Å². The Labute approximate surface area is 209 Å². The molecular weight excluding hydrogens is 450 g/mol. The monoisotopic (exact) mass is 477 g/mol. The number of hydrogen-bond donors (Lipinski definition) is 3. The number of nitrogens with zero attached hydrogens (tertiary/aromatic N) is 4. The van der Waals surface area contributed by atoms with Gasteiger partial charge < -0.3 is 20.5 Å². The van der Waals surface area contributed by atoms with E-state index in [9.17, 15) is 4.79 Å². The molecule has 3 aromatic heterocycles. The Morgan fingerprint density at radius 1 is 0.861 bits per heavy atom. The molecule has 5 aromatic rings. The summed E-state index contributed by atoms with van der Waals surface area (Å²) in [6.45, 7) is 3.86. The highest BCUT2D eigenvalue weighted by atomic mass is 16.1. The van der Waals surface area contributed by atoms with Crippen LogP contribution in [0, 0.1) is 13.8 Å². The van der Waals surface area contributed by atoms with Crippen LogP contribution in [0.15, 0.2) is 79.1 Å². The maximum Gasteiger partial charge on any atom is 0.228 e. The summed E-state index contributed by atoms with van der Waals surface area (Å²) in [6.07, 6.45) is 4.08. The average Bonchev–Trinajstić information content (AvgIpc) is 3.15. The van der Waals surface area contributed by atoms with Crippen molar-refractivity contribution in [1.29, 1.82) is 0 Å². The lowest BCUT2D eigenvalue weighted by molar-refractivity contribution is -0.115. The number of carbonyl (C=O) groups is 1. The fourth-order valence-corrected chi connectivity index (χ4v) is 4.16. The number of hydrogen-bond acceptors (Lipinski definition) is 6. The number of fused-ring (bicyclic) bond motifs is 1. The number of para-hydroxylation sites is 1. The zero-order chi connectivity index (χ0) is 25.1. The summed E-state index contributed by atoms with van der Waals surface area (Å²) in [4.78, 5) is 25.9. The number of anilines is 5. The van der Waals surface area contributed by atoms with Crippen LogP contribution in [0.2, 0.25) is 0 Å². The Morgan fingerprint density at radius 2 is 1.58 bits per heavy atom. The molecule has 0 aliphatic carbocycles. The maximum atomic E-state index is 12.7. The van der Waals surface area contributed by atoms with E-state index in [2.05, 4.69) is 37.0 Å². The predicted molar refractivity (Wildman–Crippen MR) is 144 cm³/mol. The van der Waals surface area contributed by atoms with Crippen LogP contribution in [-0.2, 0) is 18.3 Å². The number of aromatic nitrogens is 4. The highest BCUT2D eigenvalue weighted by Crippen LogP contribution is 2.23. The molecule has 8 nitrogen and oxygen atoms in total. The van der Waals surface area contributed by atoms with Crippen molar-refractivity contribution in [2.75, 3.05) is 16.0 Å². The Kier molecular flexibility index (Phi) is 6.32. The number of benzene rings is 2. The van der Waals surface area contributed by atoms with E-state index in [1.807, 2.05) is 92.3 Å². The van der Waals surface area contributed by atoms with Crippen LogP contribution in [-0.4, -0.2) is 25.4 Å². The molecule has 180 valence electrons. The molecule has 0 fully saturated rings. The van der Waals surface area contributed by atoms with E-state index in [4.69, 9.17) is 0 Å². The van der Waals surface area contributed by atoms with Gasteiger partial charge in [0.1, 0.15) is 23.3 Å². The summed E-state index contributed by atoms with van der Waals surface area (Å²) in [6, 6.07) is 21.4. The lowest BCUT2D eigenvalue weighted by Crippen LogP contribution is -2.14. The third kappa shape index (κ3) is 5.33. The first-order valence-corrected chi connectivity index (χ1v) is 11.7. The molecule has 0 radical (unpaired) electrons. The number of pyridine rings is 1. The summed E-state index contributed by atoms with van der Waals surface area (Å²) >= 11 is 0. The molecule has 3 heterocycles. The van der Waals surface area contributed by atoms with E-state index in [1.54, 1.807) is 6.20 Å². The van der Waals surface area contributed by atoms with Crippen LogP contribution < -0.4 is 16.0 Å². The van der Waals surface area contributed by atoms with Gasteiger partial charge in [-0.15, -0.1) is 0 Å². The molecule has 0 saturated heterocycles. The summed E-state index contributed by atoms with van der Waals surface area (Å²) < 4.78 is 2.05. The second-order valence-electron chi connectivity index (χ2n) is 8.74. The summed E-state index contributed by atoms with van der Waals surface area (Å²) in [7, 11) is 1.99. The number of nitrogens with one attached hydrogen (secondary N) is 3. The molecule has 8 heteroatoms. The first-order chi connectivity index (χ1) is 17.4. The zero-order valence-corrected chi connectivity index (χ0v) is 20.4. The van der Waals surface area contributed by atoms with Gasteiger partial charge in [-0.2, -0.15) is 0 Å². The van der Waals surface area contributed by atoms with Gasteiger partial charge in [0, 0.05) is 47.8 Å². The molecular formula is C28H27N7O. The molecule has 1 amide bonds. The summed E-state index contributed by atoms with van der Waals surface area (Å²) in [5, 5.41) is 10.6. The molecule has 0 saturated carbocycles. The third-order valence-corrected chi connectivity index (χ3v) is 5.78. The first kappa shape index (κ1) is 23.0. The van der Waals surface area contributed by atoms with Crippen molar-refractivity contribution in [2.45, 2.75) is 20.3 Å². The number of amides is 1. The van der Waals surface area contributed by atoms with Crippen LogP contribution in [0.3, 0.4) is 0 Å². The molecule has 5 rings (SSSR count). The molecule has 0 spiro atoms. The minimum absolute atomic E-state index is 0.0565. The van der Waals surface area contributed by atoms with Gasteiger partial charge >= 0.3 is 0 Å². The van der Waals surface area contributed by atoms with E-state index in [1.165, 1.54) is 0 Å². The van der Waals surface area contributed by atoms with E-state index >= 15 is 0 Å². The number of carbonyl (C=O) groups excluding carboxylic acids is 1. The van der Waals surface area contributed by atoms with Gasteiger partial charge in [-0.3, -0.25) is 4.79 Å². The van der Waals surface area contributed by atoms with E-state index in [0.717, 1.165) is 39.2 Å². The SMILES string of the molecule is Cc1ccnc(Nc2cc(Nc3ccc(NC(=O)Cc4cn(C)c5ccccc45)cc3)nc(C)n2)c1. The van der Waals surface area contributed by atoms with Crippen LogP contribution in [0.4, 0.5) is 28.8 Å². The molecule has 3 N–H and O–H groups in total. The quantitative estimate of drug-likeness (QED) is 0.280. The van der Waals surface area contributed by atoms with E-state index in [-0.39, 0.29) is 5.91 Å². The molecule has 0 atom stereocenters. The molecule has 0 bridgehead atoms. The minimum atomic E-state index is -0.0565. The molecule has 36 heavy (non-hydrogen) atoms. The van der Waals surface area contributed by atoms with Crippen LogP contribution in [0.5, 0.6) is 0 Å². The lowest BCUT2D eigenvalue weighted by Gasteiger charge is -2.11. The Bertz CT molecular complexity index is 1540. The fourth-order valence-electron chi connectivity index (χ4n) is 4.16. The Hall–Kier alpha value is -4.72. The van der Waals surface area contributed by atoms with Crippen LogP contribution in [0.1, 0.15) is 17.0 Å². The van der Waals surface area contributed by atoms with Gasteiger partial charge in [0.15, 0.2) is 0 Å². The second kappa shape index (κ2) is 9.87. The average molecular weight is 478 g/mol. The maximum absolute atomic E-state index is 12.7. The molecule has 2 aromatic carbocycles. The van der Waals surface area contributed by atoms with Crippen molar-refractivity contribution < 1.29 is 4.79 Å². The van der Waals surface area contributed by atoms with Crippen molar-refractivity contribution in [2.24, 2.45) is 7.05 Å². The van der Waals surface area contributed by atoms with Crippen molar-refractivity contribution in [3.8, 4) is 0 Å². The number of aryl methyl sites for hydroxylation is 3. The number of rotatable bonds is 7. The summed E-state index contributed by atoms with van der Waals surface area (Å²) in [5.41, 5.74) is 4.82. The fraction of sp³-hybridized carbons (Fsp3) is 0.143. The van der Waals surface area contributed by atoms with Crippen LogP contribution in [0.25, 0.3) is 10.9 Å². The van der Waals surface area contributed by atoms with Gasteiger partial charge in [0.25, 0.3) is 0 Å². The largest absolute Gasteiger partial charge is 0.350 e. The van der Waals surface area contributed by atoms with Crippen molar-refractivity contribution >= 4 is 45.6 Å². The minimum Gasteiger partial charge on any atom is -0.350 e. The second-order valence-corrected chi connectivity index (χ2v) is 8.74. The third-order valence-electron chi connectivity index (χ3n) is 5.78. The van der Waals surface area contributed by atoms with Gasteiger partial charge in [-0.25, -0.2) is 15.0 Å². The van der Waals surface area contributed by atoms with Gasteiger partial charge in [0.2, 0.25) is 5.91 Å². The topological polar surface area (TPSA) is 96.8 Å².